The molecule has 0 fully saturated rings. The van der Waals surface area contributed by atoms with Crippen LogP contribution in [-0.4, -0.2) is 17.2 Å². The molecule has 0 bridgehead atoms. The number of ether oxygens (including phenoxy) is 1. The van der Waals surface area contributed by atoms with Gasteiger partial charge in [0, 0.05) is 0 Å². The zero-order valence-corrected chi connectivity index (χ0v) is 8.71. The number of rotatable bonds is 2. The zero-order chi connectivity index (χ0) is 10.7. The van der Waals surface area contributed by atoms with Gasteiger partial charge in [-0.25, -0.2) is 4.79 Å². The number of phenols is 1. The van der Waals surface area contributed by atoms with Gasteiger partial charge in [-0.3, -0.25) is 0 Å². The Morgan fingerprint density at radius 3 is 2.64 bits per heavy atom. The maximum atomic E-state index is 11.4. The van der Waals surface area contributed by atoms with Crippen LogP contribution in [0, 0.1) is 0 Å². The van der Waals surface area contributed by atoms with E-state index < -0.39 is 5.97 Å². The number of hydrogen-bond donors (Lipinski definition) is 1. The van der Waals surface area contributed by atoms with E-state index in [0.717, 1.165) is 0 Å². The van der Waals surface area contributed by atoms with Crippen LogP contribution < -0.4 is 0 Å². The van der Waals surface area contributed by atoms with Crippen LogP contribution in [0.25, 0.3) is 0 Å². The van der Waals surface area contributed by atoms with Crippen molar-refractivity contribution in [2.45, 2.75) is 20.0 Å². The average Bonchev–Trinajstić information content (AvgIpc) is 2.08. The predicted molar refractivity (Wildman–Crippen MR) is 53.7 cm³/mol. The van der Waals surface area contributed by atoms with Gasteiger partial charge >= 0.3 is 5.97 Å². The van der Waals surface area contributed by atoms with E-state index in [-0.39, 0.29) is 16.9 Å². The van der Waals surface area contributed by atoms with Gasteiger partial charge in [0.2, 0.25) is 0 Å². The van der Waals surface area contributed by atoms with Crippen molar-refractivity contribution in [3.05, 3.63) is 28.8 Å². The molecule has 0 radical (unpaired) electrons. The average molecular weight is 215 g/mol. The van der Waals surface area contributed by atoms with Crippen LogP contribution in [0.4, 0.5) is 0 Å². The van der Waals surface area contributed by atoms with Gasteiger partial charge < -0.3 is 9.84 Å². The largest absolute Gasteiger partial charge is 0.506 e. The Hall–Kier alpha value is -1.22. The first-order chi connectivity index (χ1) is 6.50. The van der Waals surface area contributed by atoms with Crippen molar-refractivity contribution in [3.63, 3.8) is 0 Å². The molecular formula is C10H11ClO3. The molecule has 0 aliphatic carbocycles. The number of benzene rings is 1. The van der Waals surface area contributed by atoms with Crippen molar-refractivity contribution in [2.75, 3.05) is 0 Å². The molecule has 0 saturated carbocycles. The lowest BCUT2D eigenvalue weighted by molar-refractivity contribution is 0.0378. The molecular weight excluding hydrogens is 204 g/mol. The smallest absolute Gasteiger partial charge is 0.338 e. The minimum Gasteiger partial charge on any atom is -0.506 e. The van der Waals surface area contributed by atoms with E-state index in [1.807, 2.05) is 0 Å². The fraction of sp³-hybridized carbons (Fsp3) is 0.300. The standard InChI is InChI=1S/C10H11ClO3/c1-6(2)14-10(13)7-3-4-9(12)8(11)5-7/h3-6,12H,1-2H3. The van der Waals surface area contributed by atoms with Crippen molar-refractivity contribution in [3.8, 4) is 5.75 Å². The van der Waals surface area contributed by atoms with Gasteiger partial charge in [0.05, 0.1) is 16.7 Å². The van der Waals surface area contributed by atoms with Gasteiger partial charge in [0.15, 0.2) is 0 Å². The molecule has 0 atom stereocenters. The first-order valence-corrected chi connectivity index (χ1v) is 4.58. The molecule has 76 valence electrons. The quantitative estimate of drug-likeness (QED) is 0.770. The molecule has 0 saturated heterocycles. The zero-order valence-electron chi connectivity index (χ0n) is 7.95. The maximum absolute atomic E-state index is 11.4. The molecule has 0 aromatic heterocycles. The van der Waals surface area contributed by atoms with Crippen molar-refractivity contribution in [2.24, 2.45) is 0 Å². The Labute approximate surface area is 87.3 Å². The van der Waals surface area contributed by atoms with Crippen LogP contribution >= 0.6 is 11.6 Å². The minimum absolute atomic E-state index is 0.0484. The first-order valence-electron chi connectivity index (χ1n) is 4.20. The molecule has 1 aromatic carbocycles. The number of phenolic OH excluding ortho intramolecular Hbond substituents is 1. The molecule has 0 amide bonds. The normalized spacial score (nSPS) is 10.3. The molecule has 0 aliphatic rings. The second-order valence-corrected chi connectivity index (χ2v) is 3.53. The van der Waals surface area contributed by atoms with E-state index >= 15 is 0 Å². The molecule has 4 heteroatoms. The van der Waals surface area contributed by atoms with Crippen molar-refractivity contribution in [1.29, 1.82) is 0 Å². The summed E-state index contributed by atoms with van der Waals surface area (Å²) in [6.45, 7) is 3.53. The summed E-state index contributed by atoms with van der Waals surface area (Å²) in [7, 11) is 0. The predicted octanol–water partition coefficient (Wildman–Crippen LogP) is 2.61. The highest BCUT2D eigenvalue weighted by atomic mass is 35.5. The summed E-state index contributed by atoms with van der Waals surface area (Å²) >= 11 is 5.64. The molecule has 1 N–H and O–H groups in total. The molecule has 0 unspecified atom stereocenters. The summed E-state index contributed by atoms with van der Waals surface area (Å²) in [5.74, 6) is -0.491. The molecule has 0 spiro atoms. The Balaban J connectivity index is 2.86. The fourth-order valence-electron chi connectivity index (χ4n) is 0.916. The number of carbonyl (C=O) groups excluding carboxylic acids is 1. The molecule has 1 aromatic rings. The van der Waals surface area contributed by atoms with Gasteiger partial charge in [-0.05, 0) is 32.0 Å². The van der Waals surface area contributed by atoms with E-state index in [1.54, 1.807) is 13.8 Å². The Bertz CT molecular complexity index is 347. The first kappa shape index (κ1) is 10.9. The van der Waals surface area contributed by atoms with Crippen LogP contribution in [-0.2, 0) is 4.74 Å². The highest BCUT2D eigenvalue weighted by molar-refractivity contribution is 6.32. The summed E-state index contributed by atoms with van der Waals surface area (Å²) in [6, 6.07) is 4.20. The molecule has 0 aliphatic heterocycles. The topological polar surface area (TPSA) is 46.5 Å². The lowest BCUT2D eigenvalue weighted by Crippen LogP contribution is -2.11. The fourth-order valence-corrected chi connectivity index (χ4v) is 1.10. The number of carbonyl (C=O) groups is 1. The second kappa shape index (κ2) is 4.33. The maximum Gasteiger partial charge on any atom is 0.338 e. The van der Waals surface area contributed by atoms with Gasteiger partial charge in [0.25, 0.3) is 0 Å². The van der Waals surface area contributed by atoms with Gasteiger partial charge in [0.1, 0.15) is 5.75 Å². The molecule has 3 nitrogen and oxygen atoms in total. The Morgan fingerprint density at radius 1 is 1.50 bits per heavy atom. The number of esters is 1. The van der Waals surface area contributed by atoms with Gasteiger partial charge in [-0.1, -0.05) is 11.6 Å². The van der Waals surface area contributed by atoms with E-state index in [9.17, 15) is 4.79 Å². The van der Waals surface area contributed by atoms with Crippen LogP contribution in [0.15, 0.2) is 18.2 Å². The molecule has 0 heterocycles. The third kappa shape index (κ3) is 2.64. The lowest BCUT2D eigenvalue weighted by atomic mass is 10.2. The summed E-state index contributed by atoms with van der Waals surface area (Å²) in [5.41, 5.74) is 0.335. The third-order valence-electron chi connectivity index (χ3n) is 1.53. The Kier molecular flexibility index (Phi) is 3.36. The number of halogens is 1. The van der Waals surface area contributed by atoms with Gasteiger partial charge in [-0.2, -0.15) is 0 Å². The Morgan fingerprint density at radius 2 is 2.14 bits per heavy atom. The van der Waals surface area contributed by atoms with Gasteiger partial charge in [-0.15, -0.1) is 0 Å². The minimum atomic E-state index is -0.443. The molecule has 1 rings (SSSR count). The number of hydrogen-bond acceptors (Lipinski definition) is 3. The summed E-state index contributed by atoms with van der Waals surface area (Å²) in [4.78, 5) is 11.4. The van der Waals surface area contributed by atoms with E-state index in [1.165, 1.54) is 18.2 Å². The second-order valence-electron chi connectivity index (χ2n) is 3.12. The van der Waals surface area contributed by atoms with Crippen LogP contribution in [0.3, 0.4) is 0 Å². The highest BCUT2D eigenvalue weighted by Gasteiger charge is 2.10. The highest BCUT2D eigenvalue weighted by Crippen LogP contribution is 2.23. The summed E-state index contributed by atoms with van der Waals surface area (Å²) in [6.07, 6.45) is -0.171. The summed E-state index contributed by atoms with van der Waals surface area (Å²) in [5, 5.41) is 9.27. The SMILES string of the molecule is CC(C)OC(=O)c1ccc(O)c(Cl)c1. The van der Waals surface area contributed by atoms with Crippen molar-refractivity contribution in [1.82, 2.24) is 0 Å². The van der Waals surface area contributed by atoms with Crippen LogP contribution in [0.5, 0.6) is 5.75 Å². The van der Waals surface area contributed by atoms with E-state index in [4.69, 9.17) is 21.4 Å². The van der Waals surface area contributed by atoms with Crippen LogP contribution in [0.2, 0.25) is 5.02 Å². The van der Waals surface area contributed by atoms with E-state index in [2.05, 4.69) is 0 Å². The molecule has 14 heavy (non-hydrogen) atoms. The van der Waals surface area contributed by atoms with E-state index in [0.29, 0.717) is 5.56 Å². The third-order valence-corrected chi connectivity index (χ3v) is 1.83. The lowest BCUT2D eigenvalue weighted by Gasteiger charge is -2.08. The van der Waals surface area contributed by atoms with Crippen LogP contribution in [0.1, 0.15) is 24.2 Å². The monoisotopic (exact) mass is 214 g/mol. The summed E-state index contributed by atoms with van der Waals surface area (Å²) < 4.78 is 4.95. The van der Waals surface area contributed by atoms with Crippen molar-refractivity contribution >= 4 is 17.6 Å². The number of aromatic hydroxyl groups is 1. The van der Waals surface area contributed by atoms with Crippen molar-refractivity contribution < 1.29 is 14.6 Å².